The molecule has 1 amide bonds. The lowest BCUT2D eigenvalue weighted by Gasteiger charge is -2.37. The lowest BCUT2D eigenvalue weighted by molar-refractivity contribution is -0.131. The van der Waals surface area contributed by atoms with Gasteiger partial charge in [-0.05, 0) is 80.5 Å². The smallest absolute Gasteiger partial charge is 0.249 e. The molecule has 3 atom stereocenters. The third-order valence-electron chi connectivity index (χ3n) is 6.76. The maximum atomic E-state index is 12.9. The second-order valence-electron chi connectivity index (χ2n) is 9.01. The number of rotatable bonds is 6. The molecule has 2 fully saturated rings. The molecule has 0 saturated carbocycles. The van der Waals surface area contributed by atoms with Crippen LogP contribution < -0.4 is 14.8 Å². The van der Waals surface area contributed by atoms with E-state index in [1.54, 1.807) is 6.20 Å². The van der Waals surface area contributed by atoms with Crippen LogP contribution in [0.2, 0.25) is 0 Å². The third-order valence-corrected chi connectivity index (χ3v) is 6.76. The molecule has 7 nitrogen and oxygen atoms in total. The molecule has 0 unspecified atom stereocenters. The quantitative estimate of drug-likeness (QED) is 0.747. The fourth-order valence-corrected chi connectivity index (χ4v) is 5.03. The molecule has 0 spiro atoms. The van der Waals surface area contributed by atoms with Crippen molar-refractivity contribution in [2.24, 2.45) is 5.92 Å². The number of hydrogen-bond acceptors (Lipinski definition) is 6. The van der Waals surface area contributed by atoms with Gasteiger partial charge in [0, 0.05) is 25.9 Å². The van der Waals surface area contributed by atoms with Crippen LogP contribution in [0.5, 0.6) is 11.5 Å². The maximum Gasteiger partial charge on any atom is 0.249 e. The predicted octanol–water partition coefficient (Wildman–Crippen LogP) is 3.37. The van der Waals surface area contributed by atoms with Crippen LogP contribution in [0.15, 0.2) is 36.5 Å². The Kier molecular flexibility index (Phi) is 6.28. The Morgan fingerprint density at radius 2 is 2.09 bits per heavy atom. The zero-order valence-electron chi connectivity index (χ0n) is 18.6. The van der Waals surface area contributed by atoms with E-state index in [1.165, 1.54) is 11.1 Å². The number of piperidine rings is 1. The Labute approximate surface area is 189 Å². The topological polar surface area (TPSA) is 72.9 Å². The monoisotopic (exact) mass is 437 g/mol. The summed E-state index contributed by atoms with van der Waals surface area (Å²) in [6.07, 6.45) is 5.35. The van der Waals surface area contributed by atoms with Crippen LogP contribution in [0.25, 0.3) is 0 Å². The van der Waals surface area contributed by atoms with Gasteiger partial charge in [0.2, 0.25) is 12.7 Å². The number of likely N-dealkylation sites (tertiary alicyclic amines) is 1. The number of hydrogen-bond donors (Lipinski definition) is 1. The second kappa shape index (κ2) is 9.46. The van der Waals surface area contributed by atoms with Crippen LogP contribution in [-0.2, 0) is 16.1 Å². The van der Waals surface area contributed by atoms with Gasteiger partial charge in [0.05, 0.1) is 11.7 Å². The Morgan fingerprint density at radius 1 is 1.22 bits per heavy atom. The Morgan fingerprint density at radius 3 is 2.88 bits per heavy atom. The van der Waals surface area contributed by atoms with Gasteiger partial charge in [0.25, 0.3) is 0 Å². The standard InChI is InChI=1S/C25H31N3O4/c1-17-12-22-23(32-16-31-22)13-19(17)15-28-10-4-6-18(14-28)24(20-7-2-3-9-26-20)27-25(29)21-8-5-11-30-21/h2-3,7,9,12-13,18,21,24H,4-6,8,10-11,14-16H2,1H3,(H,27,29)/t18-,21-,24-/m0/s1. The van der Waals surface area contributed by atoms with Gasteiger partial charge in [-0.1, -0.05) is 6.07 Å². The summed E-state index contributed by atoms with van der Waals surface area (Å²) in [7, 11) is 0. The molecule has 3 aliphatic heterocycles. The third kappa shape index (κ3) is 4.59. The molecule has 32 heavy (non-hydrogen) atoms. The van der Waals surface area contributed by atoms with E-state index < -0.39 is 0 Å². The zero-order valence-corrected chi connectivity index (χ0v) is 18.6. The number of amides is 1. The number of nitrogens with zero attached hydrogens (tertiary/aromatic N) is 2. The zero-order chi connectivity index (χ0) is 21.9. The minimum absolute atomic E-state index is 0.0121. The number of pyridine rings is 1. The number of ether oxygens (including phenoxy) is 3. The van der Waals surface area contributed by atoms with E-state index in [2.05, 4.69) is 34.3 Å². The van der Waals surface area contributed by atoms with E-state index in [4.69, 9.17) is 14.2 Å². The summed E-state index contributed by atoms with van der Waals surface area (Å²) >= 11 is 0. The van der Waals surface area contributed by atoms with Crippen molar-refractivity contribution in [1.82, 2.24) is 15.2 Å². The van der Waals surface area contributed by atoms with Crippen LogP contribution in [-0.4, -0.2) is 48.4 Å². The van der Waals surface area contributed by atoms with Crippen molar-refractivity contribution in [2.45, 2.75) is 51.3 Å². The van der Waals surface area contributed by atoms with E-state index >= 15 is 0 Å². The van der Waals surface area contributed by atoms with E-state index in [0.717, 1.165) is 62.5 Å². The molecule has 2 saturated heterocycles. The molecule has 5 rings (SSSR count). The molecule has 4 heterocycles. The Bertz CT molecular complexity index is 946. The van der Waals surface area contributed by atoms with Gasteiger partial charge in [0.15, 0.2) is 11.5 Å². The number of fused-ring (bicyclic) bond motifs is 1. The highest BCUT2D eigenvalue weighted by molar-refractivity contribution is 5.81. The molecule has 170 valence electrons. The molecule has 0 radical (unpaired) electrons. The fourth-order valence-electron chi connectivity index (χ4n) is 5.03. The highest BCUT2D eigenvalue weighted by Gasteiger charge is 2.33. The van der Waals surface area contributed by atoms with Crippen molar-refractivity contribution in [2.75, 3.05) is 26.5 Å². The number of aryl methyl sites for hydroxylation is 1. The van der Waals surface area contributed by atoms with Crippen LogP contribution in [0, 0.1) is 12.8 Å². The van der Waals surface area contributed by atoms with Crippen LogP contribution in [0.3, 0.4) is 0 Å². The van der Waals surface area contributed by atoms with Crippen molar-refractivity contribution in [3.8, 4) is 11.5 Å². The van der Waals surface area contributed by atoms with E-state index in [9.17, 15) is 4.79 Å². The lowest BCUT2D eigenvalue weighted by atomic mass is 9.87. The Hall–Kier alpha value is -2.64. The molecule has 7 heteroatoms. The van der Waals surface area contributed by atoms with Crippen molar-refractivity contribution < 1.29 is 19.0 Å². The maximum absolute atomic E-state index is 12.9. The number of benzene rings is 1. The summed E-state index contributed by atoms with van der Waals surface area (Å²) < 4.78 is 16.7. The minimum Gasteiger partial charge on any atom is -0.454 e. The summed E-state index contributed by atoms with van der Waals surface area (Å²) in [6.45, 7) is 5.88. The molecule has 1 aromatic carbocycles. The summed E-state index contributed by atoms with van der Waals surface area (Å²) in [4.78, 5) is 20.0. The average Bonchev–Trinajstić information content (AvgIpc) is 3.50. The van der Waals surface area contributed by atoms with Crippen molar-refractivity contribution in [1.29, 1.82) is 0 Å². The van der Waals surface area contributed by atoms with Gasteiger partial charge in [-0.2, -0.15) is 0 Å². The first-order chi connectivity index (χ1) is 15.7. The molecule has 0 bridgehead atoms. The van der Waals surface area contributed by atoms with Crippen LogP contribution in [0.1, 0.15) is 48.5 Å². The number of nitrogens with one attached hydrogen (secondary N) is 1. The molecular weight excluding hydrogens is 406 g/mol. The normalized spacial score (nSPS) is 23.8. The summed E-state index contributed by atoms with van der Waals surface area (Å²) in [5.74, 6) is 1.93. The summed E-state index contributed by atoms with van der Waals surface area (Å²) in [6, 6.07) is 9.98. The first kappa shape index (κ1) is 21.2. The Balaban J connectivity index is 1.31. The van der Waals surface area contributed by atoms with E-state index in [-0.39, 0.29) is 18.1 Å². The van der Waals surface area contributed by atoms with E-state index in [1.807, 2.05) is 18.2 Å². The predicted molar refractivity (Wildman–Crippen MR) is 119 cm³/mol. The minimum atomic E-state index is -0.336. The highest BCUT2D eigenvalue weighted by atomic mass is 16.7. The van der Waals surface area contributed by atoms with Gasteiger partial charge in [-0.15, -0.1) is 0 Å². The molecule has 3 aliphatic rings. The largest absolute Gasteiger partial charge is 0.454 e. The van der Waals surface area contributed by atoms with Gasteiger partial charge < -0.3 is 19.5 Å². The van der Waals surface area contributed by atoms with Crippen molar-refractivity contribution >= 4 is 5.91 Å². The second-order valence-corrected chi connectivity index (χ2v) is 9.01. The van der Waals surface area contributed by atoms with Gasteiger partial charge in [-0.3, -0.25) is 14.7 Å². The fraction of sp³-hybridized carbons (Fsp3) is 0.520. The molecule has 2 aromatic rings. The molecule has 1 N–H and O–H groups in total. The highest BCUT2D eigenvalue weighted by Crippen LogP contribution is 2.36. The summed E-state index contributed by atoms with van der Waals surface area (Å²) in [5.41, 5.74) is 3.39. The average molecular weight is 438 g/mol. The van der Waals surface area contributed by atoms with Gasteiger partial charge >= 0.3 is 0 Å². The van der Waals surface area contributed by atoms with Crippen LogP contribution >= 0.6 is 0 Å². The molecule has 1 aromatic heterocycles. The first-order valence-electron chi connectivity index (χ1n) is 11.6. The first-order valence-corrected chi connectivity index (χ1v) is 11.6. The van der Waals surface area contributed by atoms with Crippen molar-refractivity contribution in [3.63, 3.8) is 0 Å². The van der Waals surface area contributed by atoms with Gasteiger partial charge in [0.1, 0.15) is 6.10 Å². The molecule has 0 aliphatic carbocycles. The molecular formula is C25H31N3O4. The SMILES string of the molecule is Cc1cc2c(cc1CN1CCC[C@H]([C@H](NC(=O)[C@@H]3CCCO3)c3ccccn3)C1)OCO2. The van der Waals surface area contributed by atoms with Crippen LogP contribution in [0.4, 0.5) is 0 Å². The number of aromatic nitrogens is 1. The summed E-state index contributed by atoms with van der Waals surface area (Å²) in [5, 5.41) is 3.29. The number of carbonyl (C=O) groups excluding carboxylic acids is 1. The van der Waals surface area contributed by atoms with Gasteiger partial charge in [-0.25, -0.2) is 0 Å². The lowest BCUT2D eigenvalue weighted by Crippen LogP contribution is -2.45. The van der Waals surface area contributed by atoms with E-state index in [0.29, 0.717) is 19.3 Å². The number of carbonyl (C=O) groups is 1. The van der Waals surface area contributed by atoms with Crippen molar-refractivity contribution in [3.05, 3.63) is 53.3 Å².